The van der Waals surface area contributed by atoms with E-state index in [2.05, 4.69) is 4.98 Å². The number of benzene rings is 1. The molecule has 0 aliphatic rings. The van der Waals surface area contributed by atoms with Crippen LogP contribution in [0, 0.1) is 0 Å². The van der Waals surface area contributed by atoms with Crippen LogP contribution in [0.4, 0.5) is 0 Å². The molecule has 0 radical (unpaired) electrons. The van der Waals surface area contributed by atoms with Gasteiger partial charge < -0.3 is 4.57 Å². The standard InChI is InChI=1S/C20H21N3O5S/c1-20(19(25)22-26,29(2,27)28)8-10-23-9-7-14(11-18(23)24)17-13-21-12-15-5-3-4-6-16(15)17/h3-7,9,11-13,26H,8,10H2,1-2H3,(H,22,25). The van der Waals surface area contributed by atoms with Crippen molar-refractivity contribution < 1.29 is 18.4 Å². The van der Waals surface area contributed by atoms with Gasteiger partial charge in [0.05, 0.1) is 0 Å². The number of fused-ring (bicyclic) bond motifs is 1. The Balaban J connectivity index is 1.92. The Morgan fingerprint density at radius 1 is 1.24 bits per heavy atom. The van der Waals surface area contributed by atoms with Crippen molar-refractivity contribution in [2.45, 2.75) is 24.6 Å². The maximum atomic E-state index is 12.6. The van der Waals surface area contributed by atoms with Gasteiger partial charge in [-0.1, -0.05) is 24.3 Å². The minimum absolute atomic E-state index is 0.0100. The van der Waals surface area contributed by atoms with Gasteiger partial charge in [-0.2, -0.15) is 0 Å². The number of amides is 1. The van der Waals surface area contributed by atoms with Gasteiger partial charge in [-0.15, -0.1) is 0 Å². The summed E-state index contributed by atoms with van der Waals surface area (Å²) in [6.07, 6.45) is 5.74. The average molecular weight is 415 g/mol. The van der Waals surface area contributed by atoms with Crippen LogP contribution in [-0.2, 0) is 21.2 Å². The maximum absolute atomic E-state index is 12.6. The quantitative estimate of drug-likeness (QED) is 0.468. The van der Waals surface area contributed by atoms with Crippen molar-refractivity contribution in [1.82, 2.24) is 15.0 Å². The van der Waals surface area contributed by atoms with Gasteiger partial charge in [-0.05, 0) is 30.4 Å². The van der Waals surface area contributed by atoms with Gasteiger partial charge in [0.1, 0.15) is 0 Å². The van der Waals surface area contributed by atoms with Gasteiger partial charge in [0.25, 0.3) is 11.5 Å². The maximum Gasteiger partial charge on any atom is 0.264 e. The third kappa shape index (κ3) is 3.92. The fraction of sp³-hybridized carbons (Fsp3) is 0.250. The molecule has 0 bridgehead atoms. The Bertz CT molecular complexity index is 1230. The van der Waals surface area contributed by atoms with E-state index >= 15 is 0 Å². The predicted molar refractivity (Wildman–Crippen MR) is 109 cm³/mol. The highest BCUT2D eigenvalue weighted by atomic mass is 32.2. The molecule has 0 spiro atoms. The highest BCUT2D eigenvalue weighted by molar-refractivity contribution is 7.92. The van der Waals surface area contributed by atoms with Crippen LogP contribution >= 0.6 is 0 Å². The molecule has 0 saturated carbocycles. The first-order valence-electron chi connectivity index (χ1n) is 8.85. The van der Waals surface area contributed by atoms with E-state index in [9.17, 15) is 18.0 Å². The summed E-state index contributed by atoms with van der Waals surface area (Å²) in [5, 5.41) is 10.8. The van der Waals surface area contributed by atoms with Crippen LogP contribution < -0.4 is 11.0 Å². The molecule has 1 unspecified atom stereocenters. The average Bonchev–Trinajstić information content (AvgIpc) is 2.70. The van der Waals surface area contributed by atoms with Crippen molar-refractivity contribution in [2.24, 2.45) is 0 Å². The first-order valence-corrected chi connectivity index (χ1v) is 10.7. The van der Waals surface area contributed by atoms with Crippen LogP contribution in [0.2, 0.25) is 0 Å². The summed E-state index contributed by atoms with van der Waals surface area (Å²) >= 11 is 0. The van der Waals surface area contributed by atoms with Crippen molar-refractivity contribution in [3.05, 3.63) is 65.3 Å². The minimum atomic E-state index is -3.83. The summed E-state index contributed by atoms with van der Waals surface area (Å²) in [6, 6.07) is 10.9. The minimum Gasteiger partial charge on any atom is -0.315 e. The second kappa shape index (κ2) is 7.76. The molecule has 1 amide bonds. The summed E-state index contributed by atoms with van der Waals surface area (Å²) in [7, 11) is -3.83. The first kappa shape index (κ1) is 20.7. The van der Waals surface area contributed by atoms with Gasteiger partial charge in [-0.25, -0.2) is 13.9 Å². The molecule has 2 aromatic heterocycles. The normalized spacial score (nSPS) is 13.8. The van der Waals surface area contributed by atoms with E-state index in [0.29, 0.717) is 5.56 Å². The third-order valence-corrected chi connectivity index (χ3v) is 7.23. The van der Waals surface area contributed by atoms with E-state index < -0.39 is 20.5 Å². The summed E-state index contributed by atoms with van der Waals surface area (Å²) in [6.45, 7) is 1.21. The van der Waals surface area contributed by atoms with Gasteiger partial charge >= 0.3 is 0 Å². The highest BCUT2D eigenvalue weighted by Gasteiger charge is 2.43. The molecule has 0 aliphatic carbocycles. The van der Waals surface area contributed by atoms with Crippen molar-refractivity contribution in [3.63, 3.8) is 0 Å². The SMILES string of the molecule is CC(CCn1ccc(-c2cncc3ccccc23)cc1=O)(C(=O)NO)S(C)(=O)=O. The Labute approximate surface area is 167 Å². The topological polar surface area (TPSA) is 118 Å². The lowest BCUT2D eigenvalue weighted by atomic mass is 10.0. The number of nitrogens with zero attached hydrogens (tertiary/aromatic N) is 2. The third-order valence-electron chi connectivity index (χ3n) is 5.21. The molecule has 1 aromatic carbocycles. The molecule has 0 aliphatic heterocycles. The number of hydroxylamine groups is 1. The zero-order valence-corrected chi connectivity index (χ0v) is 16.8. The van der Waals surface area contributed by atoms with Gasteiger partial charge in [-0.3, -0.25) is 19.8 Å². The summed E-state index contributed by atoms with van der Waals surface area (Å²) in [5.74, 6) is -1.04. The second-order valence-electron chi connectivity index (χ2n) is 7.05. The molecule has 3 rings (SSSR count). The number of hydrogen-bond donors (Lipinski definition) is 2. The van der Waals surface area contributed by atoms with E-state index in [1.54, 1.807) is 24.7 Å². The molecule has 8 nitrogen and oxygen atoms in total. The molecule has 29 heavy (non-hydrogen) atoms. The lowest BCUT2D eigenvalue weighted by molar-refractivity contribution is -0.131. The fourth-order valence-corrected chi connectivity index (χ4v) is 3.97. The smallest absolute Gasteiger partial charge is 0.264 e. The number of hydrogen-bond acceptors (Lipinski definition) is 6. The number of aromatic nitrogens is 2. The zero-order valence-electron chi connectivity index (χ0n) is 16.0. The van der Waals surface area contributed by atoms with Crippen molar-refractivity contribution >= 4 is 26.5 Å². The Morgan fingerprint density at radius 2 is 1.97 bits per heavy atom. The summed E-state index contributed by atoms with van der Waals surface area (Å²) in [5.41, 5.74) is 2.56. The van der Waals surface area contributed by atoms with Crippen LogP contribution in [0.5, 0.6) is 0 Å². The van der Waals surface area contributed by atoms with Crippen LogP contribution in [0.15, 0.2) is 59.8 Å². The van der Waals surface area contributed by atoms with E-state index in [1.807, 2.05) is 24.3 Å². The molecule has 0 saturated heterocycles. The van der Waals surface area contributed by atoms with E-state index in [0.717, 1.165) is 22.6 Å². The predicted octanol–water partition coefficient (Wildman–Crippen LogP) is 1.76. The van der Waals surface area contributed by atoms with Crippen molar-refractivity contribution in [1.29, 1.82) is 0 Å². The second-order valence-corrected chi connectivity index (χ2v) is 9.49. The fourth-order valence-electron chi connectivity index (χ4n) is 3.13. The Hall–Kier alpha value is -3.04. The number of carbonyl (C=O) groups excluding carboxylic acids is 1. The molecule has 2 heterocycles. The van der Waals surface area contributed by atoms with Crippen molar-refractivity contribution in [3.8, 4) is 11.1 Å². The van der Waals surface area contributed by atoms with Crippen LogP contribution in [0.1, 0.15) is 13.3 Å². The van der Waals surface area contributed by atoms with E-state index in [4.69, 9.17) is 5.21 Å². The Morgan fingerprint density at radius 3 is 2.62 bits per heavy atom. The lowest BCUT2D eigenvalue weighted by Crippen LogP contribution is -2.49. The molecule has 0 fully saturated rings. The molecule has 9 heteroatoms. The van der Waals surface area contributed by atoms with Crippen LogP contribution in [0.25, 0.3) is 21.9 Å². The Kier molecular flexibility index (Phi) is 5.54. The molecular weight excluding hydrogens is 394 g/mol. The summed E-state index contributed by atoms with van der Waals surface area (Å²) < 4.78 is 23.6. The first-order chi connectivity index (χ1) is 13.7. The van der Waals surface area contributed by atoms with Crippen LogP contribution in [-0.4, -0.2) is 40.1 Å². The number of rotatable bonds is 6. The van der Waals surface area contributed by atoms with Gasteiger partial charge in [0.15, 0.2) is 14.6 Å². The molecule has 3 aromatic rings. The van der Waals surface area contributed by atoms with Crippen LogP contribution in [0.3, 0.4) is 0 Å². The van der Waals surface area contributed by atoms with Gasteiger partial charge in [0, 0.05) is 48.4 Å². The molecular formula is C20H21N3O5S. The highest BCUT2D eigenvalue weighted by Crippen LogP contribution is 2.27. The monoisotopic (exact) mass is 415 g/mol. The number of nitrogens with one attached hydrogen (secondary N) is 1. The molecule has 1 atom stereocenters. The molecule has 152 valence electrons. The molecule has 2 N–H and O–H groups in total. The van der Waals surface area contributed by atoms with E-state index in [-0.39, 0.29) is 18.5 Å². The largest absolute Gasteiger partial charge is 0.315 e. The van der Waals surface area contributed by atoms with E-state index in [1.165, 1.54) is 23.0 Å². The number of carbonyl (C=O) groups is 1. The lowest BCUT2D eigenvalue weighted by Gasteiger charge is -2.25. The summed E-state index contributed by atoms with van der Waals surface area (Å²) in [4.78, 5) is 28.7. The number of pyridine rings is 2. The van der Waals surface area contributed by atoms with Gasteiger partial charge in [0.2, 0.25) is 0 Å². The number of sulfone groups is 1. The number of aryl methyl sites for hydroxylation is 1. The zero-order chi connectivity index (χ0) is 21.2. The van der Waals surface area contributed by atoms with Crippen molar-refractivity contribution in [2.75, 3.05) is 6.26 Å².